The highest BCUT2D eigenvalue weighted by molar-refractivity contribution is 5.79. The van der Waals surface area contributed by atoms with E-state index >= 15 is 0 Å². The van der Waals surface area contributed by atoms with E-state index in [1.165, 1.54) is 6.42 Å². The number of carbonyl (C=O) groups excluding carboxylic acids is 1. The summed E-state index contributed by atoms with van der Waals surface area (Å²) in [5.41, 5.74) is 5.70. The first kappa shape index (κ1) is 14.8. The average Bonchev–Trinajstić information content (AvgIpc) is 2.37. The van der Waals surface area contributed by atoms with Gasteiger partial charge in [-0.2, -0.15) is 0 Å². The molecule has 0 saturated heterocycles. The molecule has 0 aromatic rings. The van der Waals surface area contributed by atoms with E-state index in [-0.39, 0.29) is 5.92 Å². The van der Waals surface area contributed by atoms with Crippen molar-refractivity contribution in [3.05, 3.63) is 0 Å². The van der Waals surface area contributed by atoms with Crippen LogP contribution in [0.2, 0.25) is 0 Å². The van der Waals surface area contributed by atoms with Crippen LogP contribution in [0, 0.1) is 23.7 Å². The van der Waals surface area contributed by atoms with E-state index in [1.54, 1.807) is 0 Å². The van der Waals surface area contributed by atoms with E-state index in [0.29, 0.717) is 17.9 Å². The van der Waals surface area contributed by atoms with Crippen molar-refractivity contribution >= 4 is 5.91 Å². The maximum atomic E-state index is 12.3. The molecule has 2 aliphatic carbocycles. The Hall–Kier alpha value is -0.570. The van der Waals surface area contributed by atoms with E-state index in [4.69, 9.17) is 5.73 Å². The van der Waals surface area contributed by atoms with Crippen molar-refractivity contribution in [1.29, 1.82) is 0 Å². The predicted octanol–water partition coefficient (Wildman–Crippen LogP) is 2.69. The Labute approximate surface area is 117 Å². The predicted molar refractivity (Wildman–Crippen MR) is 78.6 cm³/mol. The van der Waals surface area contributed by atoms with Gasteiger partial charge in [-0.1, -0.05) is 13.8 Å². The summed E-state index contributed by atoms with van der Waals surface area (Å²) in [7, 11) is 0. The molecule has 0 heterocycles. The Balaban J connectivity index is 1.78. The van der Waals surface area contributed by atoms with Gasteiger partial charge < -0.3 is 11.1 Å². The van der Waals surface area contributed by atoms with Crippen LogP contribution in [0.25, 0.3) is 0 Å². The normalized spacial score (nSPS) is 39.8. The van der Waals surface area contributed by atoms with Crippen LogP contribution in [0.15, 0.2) is 0 Å². The molecule has 2 unspecified atom stereocenters. The maximum Gasteiger partial charge on any atom is 0.223 e. The minimum absolute atomic E-state index is 0.246. The standard InChI is InChI=1S/C16H30N2O/c1-11-7-12(2)9-15(8-11)18-16(19)14-5-3-13(10-17)4-6-14/h11-15H,3-10,17H2,1-2H3,(H,18,19). The van der Waals surface area contributed by atoms with Crippen LogP contribution in [0.1, 0.15) is 58.8 Å². The summed E-state index contributed by atoms with van der Waals surface area (Å²) < 4.78 is 0. The zero-order chi connectivity index (χ0) is 13.8. The molecule has 2 fully saturated rings. The molecule has 2 saturated carbocycles. The van der Waals surface area contributed by atoms with E-state index in [9.17, 15) is 4.79 Å². The maximum absolute atomic E-state index is 12.3. The molecular weight excluding hydrogens is 236 g/mol. The van der Waals surface area contributed by atoms with Crippen LogP contribution in [-0.4, -0.2) is 18.5 Å². The first-order valence-electron chi connectivity index (χ1n) is 8.09. The monoisotopic (exact) mass is 266 g/mol. The highest BCUT2D eigenvalue weighted by atomic mass is 16.1. The lowest BCUT2D eigenvalue weighted by atomic mass is 9.79. The van der Waals surface area contributed by atoms with Gasteiger partial charge in [0.1, 0.15) is 0 Å². The second-order valence-electron chi connectivity index (χ2n) is 7.08. The summed E-state index contributed by atoms with van der Waals surface area (Å²) >= 11 is 0. The van der Waals surface area contributed by atoms with E-state index < -0.39 is 0 Å². The lowest BCUT2D eigenvalue weighted by Gasteiger charge is -2.34. The average molecular weight is 266 g/mol. The first-order valence-corrected chi connectivity index (χ1v) is 8.09. The van der Waals surface area contributed by atoms with Crippen LogP contribution >= 0.6 is 0 Å². The third-order valence-corrected chi connectivity index (χ3v) is 5.08. The fraction of sp³-hybridized carbons (Fsp3) is 0.938. The number of rotatable bonds is 3. The van der Waals surface area contributed by atoms with Gasteiger partial charge in [-0.3, -0.25) is 4.79 Å². The van der Waals surface area contributed by atoms with Crippen molar-refractivity contribution in [2.75, 3.05) is 6.54 Å². The van der Waals surface area contributed by atoms with Gasteiger partial charge in [0.15, 0.2) is 0 Å². The van der Waals surface area contributed by atoms with Gasteiger partial charge in [-0.25, -0.2) is 0 Å². The van der Waals surface area contributed by atoms with Gasteiger partial charge in [-0.05, 0) is 69.2 Å². The van der Waals surface area contributed by atoms with Crippen molar-refractivity contribution in [2.45, 2.75) is 64.8 Å². The zero-order valence-corrected chi connectivity index (χ0v) is 12.5. The van der Waals surface area contributed by atoms with Crippen molar-refractivity contribution in [1.82, 2.24) is 5.32 Å². The molecular formula is C16H30N2O. The second kappa shape index (κ2) is 6.74. The Morgan fingerprint density at radius 2 is 1.63 bits per heavy atom. The number of amides is 1. The topological polar surface area (TPSA) is 55.1 Å². The van der Waals surface area contributed by atoms with Crippen molar-refractivity contribution in [2.24, 2.45) is 29.4 Å². The molecule has 3 heteroatoms. The van der Waals surface area contributed by atoms with Gasteiger partial charge in [0.25, 0.3) is 0 Å². The van der Waals surface area contributed by atoms with Crippen LogP contribution in [0.4, 0.5) is 0 Å². The lowest BCUT2D eigenvalue weighted by Crippen LogP contribution is -2.43. The number of hydrogen-bond acceptors (Lipinski definition) is 2. The molecule has 0 aliphatic heterocycles. The van der Waals surface area contributed by atoms with Gasteiger partial charge in [-0.15, -0.1) is 0 Å². The molecule has 2 aliphatic rings. The molecule has 3 N–H and O–H groups in total. The first-order chi connectivity index (χ1) is 9.08. The van der Waals surface area contributed by atoms with Gasteiger partial charge in [0, 0.05) is 12.0 Å². The molecule has 0 aromatic heterocycles. The summed E-state index contributed by atoms with van der Waals surface area (Å²) in [4.78, 5) is 12.3. The molecule has 0 radical (unpaired) electrons. The van der Waals surface area contributed by atoms with E-state index in [0.717, 1.165) is 56.9 Å². The quantitative estimate of drug-likeness (QED) is 0.825. The highest BCUT2D eigenvalue weighted by Gasteiger charge is 2.29. The summed E-state index contributed by atoms with van der Waals surface area (Å²) in [6, 6.07) is 0.415. The third-order valence-electron chi connectivity index (χ3n) is 5.08. The van der Waals surface area contributed by atoms with Gasteiger partial charge in [0.2, 0.25) is 5.91 Å². The van der Waals surface area contributed by atoms with E-state index in [1.807, 2.05) is 0 Å². The summed E-state index contributed by atoms with van der Waals surface area (Å²) in [5.74, 6) is 2.71. The number of carbonyl (C=O) groups is 1. The molecule has 3 nitrogen and oxygen atoms in total. The largest absolute Gasteiger partial charge is 0.353 e. The van der Waals surface area contributed by atoms with Crippen molar-refractivity contribution in [3.63, 3.8) is 0 Å². The van der Waals surface area contributed by atoms with Crippen LogP contribution in [0.3, 0.4) is 0 Å². The van der Waals surface area contributed by atoms with E-state index in [2.05, 4.69) is 19.2 Å². The fourth-order valence-corrected chi connectivity index (χ4v) is 4.04. The zero-order valence-electron chi connectivity index (χ0n) is 12.5. The smallest absolute Gasteiger partial charge is 0.223 e. The molecule has 0 aromatic carbocycles. The van der Waals surface area contributed by atoms with Crippen molar-refractivity contribution < 1.29 is 4.79 Å². The minimum atomic E-state index is 0.246. The number of hydrogen-bond donors (Lipinski definition) is 2. The van der Waals surface area contributed by atoms with Crippen molar-refractivity contribution in [3.8, 4) is 0 Å². The Morgan fingerprint density at radius 3 is 2.16 bits per heavy atom. The molecule has 110 valence electrons. The third kappa shape index (κ3) is 4.20. The lowest BCUT2D eigenvalue weighted by molar-refractivity contribution is -0.127. The minimum Gasteiger partial charge on any atom is -0.353 e. The van der Waals surface area contributed by atoms with Gasteiger partial charge >= 0.3 is 0 Å². The Bertz CT molecular complexity index is 287. The summed E-state index contributed by atoms with van der Waals surface area (Å²) in [6.45, 7) is 5.40. The van der Waals surface area contributed by atoms with Crippen LogP contribution in [-0.2, 0) is 4.79 Å². The van der Waals surface area contributed by atoms with Gasteiger partial charge in [0.05, 0.1) is 0 Å². The molecule has 19 heavy (non-hydrogen) atoms. The Kier molecular flexibility index (Phi) is 5.26. The number of nitrogens with one attached hydrogen (secondary N) is 1. The van der Waals surface area contributed by atoms with Crippen LogP contribution < -0.4 is 11.1 Å². The second-order valence-corrected chi connectivity index (χ2v) is 7.08. The van der Waals surface area contributed by atoms with Crippen LogP contribution in [0.5, 0.6) is 0 Å². The fourth-order valence-electron chi connectivity index (χ4n) is 4.04. The molecule has 1 amide bonds. The SMILES string of the molecule is CC1CC(C)CC(NC(=O)C2CCC(CN)CC2)C1. The molecule has 0 spiro atoms. The Morgan fingerprint density at radius 1 is 1.05 bits per heavy atom. The number of nitrogens with two attached hydrogens (primary N) is 1. The summed E-state index contributed by atoms with van der Waals surface area (Å²) in [5, 5.41) is 3.31. The molecule has 0 bridgehead atoms. The summed E-state index contributed by atoms with van der Waals surface area (Å²) in [6.07, 6.45) is 7.96. The molecule has 2 atom stereocenters. The highest BCUT2D eigenvalue weighted by Crippen LogP contribution is 2.31. The molecule has 2 rings (SSSR count).